The lowest BCUT2D eigenvalue weighted by atomic mass is 10.4. The molecule has 0 unspecified atom stereocenters. The highest BCUT2D eigenvalue weighted by Crippen LogP contribution is 2.37. The molecule has 0 aromatic carbocycles. The first-order valence-corrected chi connectivity index (χ1v) is 7.72. The molecule has 0 radical (unpaired) electrons. The molecule has 2 N–H and O–H groups in total. The zero-order valence-electron chi connectivity index (χ0n) is 9.40. The van der Waals surface area contributed by atoms with Gasteiger partial charge in [-0.2, -0.15) is 0 Å². The molecule has 4 nitrogen and oxygen atoms in total. The summed E-state index contributed by atoms with van der Waals surface area (Å²) in [5.74, 6) is 1.88. The van der Waals surface area contributed by atoms with Crippen molar-refractivity contribution < 1.29 is 0 Å². The van der Waals surface area contributed by atoms with E-state index in [9.17, 15) is 0 Å². The second kappa shape index (κ2) is 5.29. The van der Waals surface area contributed by atoms with Gasteiger partial charge in [-0.25, -0.2) is 9.98 Å². The summed E-state index contributed by atoms with van der Waals surface area (Å²) in [5.41, 5.74) is 0. The number of nitrogens with zero attached hydrogens (tertiary/aromatic N) is 2. The van der Waals surface area contributed by atoms with Crippen molar-refractivity contribution in [2.75, 3.05) is 11.1 Å². The number of rotatable bonds is 3. The first-order valence-electron chi connectivity index (χ1n) is 5.10. The Morgan fingerprint density at radius 1 is 1.50 bits per heavy atom. The Kier molecular flexibility index (Phi) is 3.99. The minimum Gasteiger partial charge on any atom is -0.315 e. The third-order valence-electron chi connectivity index (χ3n) is 1.71. The Hall–Kier alpha value is -0.400. The number of guanidine groups is 1. The van der Waals surface area contributed by atoms with Crippen LogP contribution in [0.5, 0.6) is 0 Å². The molecule has 0 bridgehead atoms. The van der Waals surface area contributed by atoms with Gasteiger partial charge >= 0.3 is 0 Å². The van der Waals surface area contributed by atoms with E-state index in [1.54, 1.807) is 23.1 Å². The summed E-state index contributed by atoms with van der Waals surface area (Å²) in [6.45, 7) is 6.25. The molecule has 16 heavy (non-hydrogen) atoms. The number of hydrogen-bond acceptors (Lipinski definition) is 5. The molecule has 2 rings (SSSR count). The molecule has 0 atom stereocenters. The van der Waals surface area contributed by atoms with Gasteiger partial charge in [0.2, 0.25) is 5.96 Å². The van der Waals surface area contributed by atoms with Crippen molar-refractivity contribution in [3.05, 3.63) is 0 Å². The van der Waals surface area contributed by atoms with Gasteiger partial charge in [-0.05, 0) is 19.6 Å². The fourth-order valence-corrected chi connectivity index (χ4v) is 3.94. The van der Waals surface area contributed by atoms with Crippen LogP contribution in [0.15, 0.2) is 14.4 Å². The van der Waals surface area contributed by atoms with Gasteiger partial charge in [0, 0.05) is 18.0 Å². The molecular formula is C9H14N4S3. The smallest absolute Gasteiger partial charge is 0.207 e. The topological polar surface area (TPSA) is 49.3 Å². The third kappa shape index (κ3) is 2.83. The van der Waals surface area contributed by atoms with E-state index in [1.165, 1.54) is 11.9 Å². The molecule has 2 heterocycles. The van der Waals surface area contributed by atoms with Crippen molar-refractivity contribution in [2.45, 2.75) is 36.2 Å². The molecule has 0 spiro atoms. The number of nitrogens with one attached hydrogen (secondary N) is 2. The summed E-state index contributed by atoms with van der Waals surface area (Å²) < 4.78 is 4.26. The number of aliphatic imine (C=N–C) groups is 1. The summed E-state index contributed by atoms with van der Waals surface area (Å²) in [5, 5.41) is 5.38. The van der Waals surface area contributed by atoms with Gasteiger partial charge in [0.15, 0.2) is 9.37 Å². The van der Waals surface area contributed by atoms with E-state index in [-0.39, 0.29) is 6.04 Å². The van der Waals surface area contributed by atoms with E-state index in [4.69, 9.17) is 0 Å². The van der Waals surface area contributed by atoms with Crippen molar-refractivity contribution in [1.29, 1.82) is 0 Å². The lowest BCUT2D eigenvalue weighted by molar-refractivity contribution is 0.830. The zero-order valence-corrected chi connectivity index (χ0v) is 11.9. The van der Waals surface area contributed by atoms with Crippen LogP contribution in [0.3, 0.4) is 0 Å². The average Bonchev–Trinajstić information content (AvgIpc) is 2.59. The minimum atomic E-state index is 0.287. The average molecular weight is 274 g/mol. The molecule has 1 aliphatic rings. The number of anilines is 1. The van der Waals surface area contributed by atoms with E-state index in [0.29, 0.717) is 0 Å². The quantitative estimate of drug-likeness (QED) is 0.655. The van der Waals surface area contributed by atoms with Gasteiger partial charge < -0.3 is 5.32 Å². The number of fused-ring (bicyclic) bond motifs is 1. The van der Waals surface area contributed by atoms with Crippen LogP contribution in [-0.2, 0) is 0 Å². The molecule has 1 aromatic rings. The van der Waals surface area contributed by atoms with Crippen molar-refractivity contribution in [1.82, 2.24) is 9.71 Å². The SMILES string of the molecule is CCSc1nc2c(s1)NC(=NC(C)C)NS2. The van der Waals surface area contributed by atoms with Crippen LogP contribution in [0.25, 0.3) is 0 Å². The maximum atomic E-state index is 4.52. The van der Waals surface area contributed by atoms with Gasteiger partial charge in [0.1, 0.15) is 5.00 Å². The third-order valence-corrected chi connectivity index (χ3v) is 4.62. The van der Waals surface area contributed by atoms with E-state index < -0.39 is 0 Å². The second-order valence-corrected chi connectivity index (χ2v) is 6.75. The van der Waals surface area contributed by atoms with Crippen LogP contribution in [-0.4, -0.2) is 22.7 Å². The van der Waals surface area contributed by atoms with Crippen LogP contribution in [0.1, 0.15) is 20.8 Å². The van der Waals surface area contributed by atoms with Crippen molar-refractivity contribution in [3.8, 4) is 0 Å². The Morgan fingerprint density at radius 2 is 2.31 bits per heavy atom. The van der Waals surface area contributed by atoms with Gasteiger partial charge in [-0.1, -0.05) is 30.0 Å². The lowest BCUT2D eigenvalue weighted by Crippen LogP contribution is -2.29. The molecule has 0 saturated heterocycles. The highest BCUT2D eigenvalue weighted by molar-refractivity contribution is 8.01. The fraction of sp³-hybridized carbons (Fsp3) is 0.556. The van der Waals surface area contributed by atoms with Gasteiger partial charge in [0.05, 0.1) is 0 Å². The largest absolute Gasteiger partial charge is 0.315 e. The summed E-state index contributed by atoms with van der Waals surface area (Å²) in [6.07, 6.45) is 0. The van der Waals surface area contributed by atoms with Crippen LogP contribution in [0.4, 0.5) is 5.00 Å². The highest BCUT2D eigenvalue weighted by Gasteiger charge is 2.19. The van der Waals surface area contributed by atoms with Gasteiger partial charge in [0.25, 0.3) is 0 Å². The molecule has 0 saturated carbocycles. The molecule has 1 aliphatic heterocycles. The first-order chi connectivity index (χ1) is 7.69. The highest BCUT2D eigenvalue weighted by atomic mass is 32.2. The van der Waals surface area contributed by atoms with Crippen molar-refractivity contribution in [3.63, 3.8) is 0 Å². The predicted molar refractivity (Wildman–Crippen MR) is 73.7 cm³/mol. The van der Waals surface area contributed by atoms with Gasteiger partial charge in [-0.15, -0.1) is 0 Å². The maximum absolute atomic E-state index is 4.52. The van der Waals surface area contributed by atoms with E-state index in [1.807, 2.05) is 0 Å². The molecular weight excluding hydrogens is 260 g/mol. The van der Waals surface area contributed by atoms with E-state index in [2.05, 4.69) is 40.8 Å². The zero-order chi connectivity index (χ0) is 11.5. The van der Waals surface area contributed by atoms with Crippen LogP contribution in [0.2, 0.25) is 0 Å². The van der Waals surface area contributed by atoms with Crippen LogP contribution >= 0.6 is 35.0 Å². The predicted octanol–water partition coefficient (Wildman–Crippen LogP) is 3.04. The summed E-state index contributed by atoms with van der Waals surface area (Å²) in [7, 11) is 0. The molecule has 0 aliphatic carbocycles. The van der Waals surface area contributed by atoms with Crippen LogP contribution < -0.4 is 10.0 Å². The normalized spacial score (nSPS) is 17.1. The van der Waals surface area contributed by atoms with Crippen molar-refractivity contribution >= 4 is 46.0 Å². The van der Waals surface area contributed by atoms with Crippen LogP contribution in [0, 0.1) is 0 Å². The second-order valence-electron chi connectivity index (χ2n) is 3.45. The van der Waals surface area contributed by atoms with Crippen molar-refractivity contribution in [2.24, 2.45) is 4.99 Å². The maximum Gasteiger partial charge on any atom is 0.207 e. The summed E-state index contributed by atoms with van der Waals surface area (Å²) in [6, 6.07) is 0.287. The fourth-order valence-electron chi connectivity index (χ4n) is 1.17. The Bertz CT molecular complexity index is 399. The molecule has 1 aromatic heterocycles. The van der Waals surface area contributed by atoms with Gasteiger partial charge in [-0.3, -0.25) is 4.72 Å². The molecule has 88 valence electrons. The van der Waals surface area contributed by atoms with E-state index in [0.717, 1.165) is 26.1 Å². The number of aromatic nitrogens is 1. The Morgan fingerprint density at radius 3 is 3.00 bits per heavy atom. The Balaban J connectivity index is 2.14. The molecule has 7 heteroatoms. The van der Waals surface area contributed by atoms with E-state index >= 15 is 0 Å². The number of hydrogen-bond donors (Lipinski definition) is 2. The Labute approximate surface area is 108 Å². The molecule has 0 amide bonds. The molecule has 0 fully saturated rings. The monoisotopic (exact) mass is 274 g/mol. The lowest BCUT2D eigenvalue weighted by Gasteiger charge is -2.16. The first kappa shape index (κ1) is 12.1. The number of thioether (sulfide) groups is 1. The minimum absolute atomic E-state index is 0.287. The standard InChI is InChI=1S/C9H14N4S3/c1-4-14-9-12-7-6(15-9)11-8(13-16-7)10-5(2)3/h5H,4H2,1-3H3,(H2,10,11,13). The summed E-state index contributed by atoms with van der Waals surface area (Å²) >= 11 is 4.99. The number of thiazole rings is 1. The summed E-state index contributed by atoms with van der Waals surface area (Å²) in [4.78, 5) is 8.95.